The highest BCUT2D eigenvalue weighted by molar-refractivity contribution is 5.77. The first kappa shape index (κ1) is 21.8. The fourth-order valence-electron chi connectivity index (χ4n) is 2.71. The molecule has 160 valence electrons. The number of aromatic nitrogens is 4. The van der Waals surface area contributed by atoms with Gasteiger partial charge < -0.3 is 10.6 Å². The maximum Gasteiger partial charge on any atom is 0.416 e. The van der Waals surface area contributed by atoms with Crippen LogP contribution in [0.25, 0.3) is 11.1 Å². The van der Waals surface area contributed by atoms with Crippen molar-refractivity contribution in [2.45, 2.75) is 20.0 Å². The van der Waals surface area contributed by atoms with Crippen LogP contribution < -0.4 is 10.6 Å². The summed E-state index contributed by atoms with van der Waals surface area (Å²) in [5.74, 6) is 1.27. The van der Waals surface area contributed by atoms with E-state index >= 15 is 0 Å². The third-order valence-electron chi connectivity index (χ3n) is 4.14. The highest BCUT2D eigenvalue weighted by Gasteiger charge is 2.30. The van der Waals surface area contributed by atoms with E-state index in [0.29, 0.717) is 22.8 Å². The molecule has 0 radical (unpaired) electrons. The molecule has 0 aliphatic rings. The van der Waals surface area contributed by atoms with Gasteiger partial charge in [0, 0.05) is 35.4 Å². The number of hydrogen-bond donors (Lipinski definition) is 2. The number of nitrogens with zero attached hydrogens (tertiary/aromatic N) is 4. The molecular formula is C22H21F3N6. The van der Waals surface area contributed by atoms with Crippen LogP contribution in [-0.4, -0.2) is 25.8 Å². The summed E-state index contributed by atoms with van der Waals surface area (Å²) in [6.45, 7) is 10.8. The second kappa shape index (κ2) is 8.86. The maximum atomic E-state index is 12.9. The number of rotatable bonds is 7. The van der Waals surface area contributed by atoms with Gasteiger partial charge in [-0.25, -0.2) is 14.5 Å². The van der Waals surface area contributed by atoms with E-state index in [1.165, 1.54) is 13.0 Å². The van der Waals surface area contributed by atoms with Crippen LogP contribution in [0.2, 0.25) is 0 Å². The Morgan fingerprint density at radius 3 is 2.65 bits per heavy atom. The average Bonchev–Trinajstić information content (AvgIpc) is 3.16. The molecule has 0 spiro atoms. The summed E-state index contributed by atoms with van der Waals surface area (Å²) in [5.41, 5.74) is 1.60. The minimum absolute atomic E-state index is 0.189. The van der Waals surface area contributed by atoms with Gasteiger partial charge in [0.2, 0.25) is 0 Å². The molecule has 9 heteroatoms. The normalized spacial score (nSPS) is 12.4. The molecular weight excluding hydrogens is 405 g/mol. The van der Waals surface area contributed by atoms with E-state index < -0.39 is 11.7 Å². The number of fused-ring (bicyclic) bond motifs is 1. The molecule has 0 saturated heterocycles. The summed E-state index contributed by atoms with van der Waals surface area (Å²) in [5, 5.41) is 10.6. The first-order chi connectivity index (χ1) is 14.7. The molecule has 3 aromatic rings. The van der Waals surface area contributed by atoms with Gasteiger partial charge in [0.25, 0.3) is 0 Å². The van der Waals surface area contributed by atoms with Crippen molar-refractivity contribution in [2.24, 2.45) is 0 Å². The van der Waals surface area contributed by atoms with E-state index in [2.05, 4.69) is 38.9 Å². The van der Waals surface area contributed by atoms with E-state index in [1.54, 1.807) is 35.1 Å². The van der Waals surface area contributed by atoms with E-state index in [4.69, 9.17) is 0 Å². The van der Waals surface area contributed by atoms with Gasteiger partial charge in [-0.2, -0.15) is 13.2 Å². The van der Waals surface area contributed by atoms with Crippen molar-refractivity contribution in [1.29, 1.82) is 0 Å². The Morgan fingerprint density at radius 1 is 1.19 bits per heavy atom. The largest absolute Gasteiger partial charge is 0.416 e. The predicted molar refractivity (Wildman–Crippen MR) is 117 cm³/mol. The molecule has 0 saturated carbocycles. The van der Waals surface area contributed by atoms with Crippen molar-refractivity contribution < 1.29 is 13.2 Å². The summed E-state index contributed by atoms with van der Waals surface area (Å²) < 4.78 is 40.4. The molecule has 2 N–H and O–H groups in total. The molecule has 0 atom stereocenters. The van der Waals surface area contributed by atoms with Gasteiger partial charge in [-0.15, -0.1) is 5.10 Å². The van der Waals surface area contributed by atoms with Crippen LogP contribution in [-0.2, 0) is 0 Å². The molecule has 0 aliphatic carbocycles. The Bertz CT molecular complexity index is 1190. The number of pyridine rings is 1. The number of nitrogens with one attached hydrogen (secondary N) is 2. The topological polar surface area (TPSA) is 67.1 Å². The zero-order valence-corrected chi connectivity index (χ0v) is 17.0. The average molecular weight is 426 g/mol. The second-order valence-electron chi connectivity index (χ2n) is 6.68. The smallest absolute Gasteiger partial charge is 0.345 e. The fourth-order valence-corrected chi connectivity index (χ4v) is 2.71. The van der Waals surface area contributed by atoms with Gasteiger partial charge in [-0.1, -0.05) is 25.3 Å². The van der Waals surface area contributed by atoms with Crippen molar-refractivity contribution in [3.05, 3.63) is 85.1 Å². The fraction of sp³-hybridized carbons (Fsp3) is 0.136. The maximum absolute atomic E-state index is 12.9. The minimum atomic E-state index is -4.44. The summed E-state index contributed by atoms with van der Waals surface area (Å²) in [6, 6.07) is 7.16. The molecule has 3 rings (SSSR count). The molecule has 0 fully saturated rings. The molecule has 0 aliphatic heterocycles. The molecule has 0 bridgehead atoms. The van der Waals surface area contributed by atoms with Crippen molar-refractivity contribution in [1.82, 2.24) is 19.6 Å². The highest BCUT2D eigenvalue weighted by atomic mass is 19.4. The highest BCUT2D eigenvalue weighted by Crippen LogP contribution is 2.28. The zero-order valence-electron chi connectivity index (χ0n) is 17.0. The molecule has 0 aromatic carbocycles. The SMILES string of the molecule is C=C(C)Nc1cc(Nc2nc(C(=C)/C=C\C(=C/C)C(F)(F)F)nn3cccc23)ccn1. The van der Waals surface area contributed by atoms with Crippen molar-refractivity contribution >= 4 is 28.4 Å². The van der Waals surface area contributed by atoms with Crippen LogP contribution in [0.3, 0.4) is 0 Å². The second-order valence-corrected chi connectivity index (χ2v) is 6.68. The quantitative estimate of drug-likeness (QED) is 0.461. The summed E-state index contributed by atoms with van der Waals surface area (Å²) in [7, 11) is 0. The predicted octanol–water partition coefficient (Wildman–Crippen LogP) is 5.89. The van der Waals surface area contributed by atoms with Gasteiger partial charge in [0.05, 0.1) is 5.57 Å². The standard InChI is InChI=1S/C22H21F3N6/c1-5-16(22(23,24)25)9-8-15(4)20-29-21(18-7-6-12-31(18)30-20)28-17-10-11-26-19(13-17)27-14(2)3/h5-13H,2,4H2,1,3H3,(H2,26,27,28,29,30)/b9-8-,16-5+. The Labute approximate surface area is 177 Å². The lowest BCUT2D eigenvalue weighted by atomic mass is 10.1. The summed E-state index contributed by atoms with van der Waals surface area (Å²) in [4.78, 5) is 8.69. The van der Waals surface area contributed by atoms with Crippen LogP contribution in [0.1, 0.15) is 19.7 Å². The van der Waals surface area contributed by atoms with Gasteiger partial charge in [-0.3, -0.25) is 0 Å². The molecule has 3 aromatic heterocycles. The van der Waals surface area contributed by atoms with E-state index in [9.17, 15) is 13.2 Å². The van der Waals surface area contributed by atoms with E-state index in [1.807, 2.05) is 13.0 Å². The lowest BCUT2D eigenvalue weighted by Crippen LogP contribution is -2.09. The number of halogens is 3. The van der Waals surface area contributed by atoms with Gasteiger partial charge >= 0.3 is 6.18 Å². The van der Waals surface area contributed by atoms with Crippen molar-refractivity contribution in [3.63, 3.8) is 0 Å². The molecule has 3 heterocycles. The van der Waals surface area contributed by atoms with Gasteiger partial charge in [-0.05, 0) is 38.1 Å². The Balaban J connectivity index is 1.93. The Morgan fingerprint density at radius 2 is 1.97 bits per heavy atom. The molecule has 6 nitrogen and oxygen atoms in total. The number of hydrogen-bond acceptors (Lipinski definition) is 5. The lowest BCUT2D eigenvalue weighted by molar-refractivity contribution is -0.0883. The van der Waals surface area contributed by atoms with Crippen LogP contribution in [0.5, 0.6) is 0 Å². The van der Waals surface area contributed by atoms with Crippen LogP contribution >= 0.6 is 0 Å². The van der Waals surface area contributed by atoms with Crippen LogP contribution in [0.15, 0.2) is 79.3 Å². The van der Waals surface area contributed by atoms with Crippen LogP contribution in [0, 0.1) is 0 Å². The third kappa shape index (κ3) is 5.39. The molecule has 0 amide bonds. The Kier molecular flexibility index (Phi) is 6.24. The van der Waals surface area contributed by atoms with Crippen LogP contribution in [0.4, 0.5) is 30.5 Å². The first-order valence-electron chi connectivity index (χ1n) is 9.29. The van der Waals surface area contributed by atoms with Crippen molar-refractivity contribution in [3.8, 4) is 0 Å². The monoisotopic (exact) mass is 426 g/mol. The first-order valence-corrected chi connectivity index (χ1v) is 9.29. The Hall–Kier alpha value is -3.88. The summed E-state index contributed by atoms with van der Waals surface area (Å²) >= 11 is 0. The van der Waals surface area contributed by atoms with Gasteiger partial charge in [0.1, 0.15) is 11.3 Å². The van der Waals surface area contributed by atoms with E-state index in [0.717, 1.165) is 17.8 Å². The molecule has 31 heavy (non-hydrogen) atoms. The molecule has 0 unspecified atom stereocenters. The van der Waals surface area contributed by atoms with E-state index in [-0.39, 0.29) is 11.4 Å². The van der Waals surface area contributed by atoms with Gasteiger partial charge in [0.15, 0.2) is 11.6 Å². The third-order valence-corrected chi connectivity index (χ3v) is 4.14. The zero-order chi connectivity index (χ0) is 22.6. The summed E-state index contributed by atoms with van der Waals surface area (Å²) in [6.07, 6.45) is 2.10. The number of alkyl halides is 3. The van der Waals surface area contributed by atoms with Crippen molar-refractivity contribution in [2.75, 3.05) is 10.6 Å². The lowest BCUT2D eigenvalue weighted by Gasteiger charge is -2.11. The number of allylic oxidation sites excluding steroid dienone is 6. The minimum Gasteiger partial charge on any atom is -0.345 e. The number of anilines is 3.